The number of carboxylic acid groups (broad SMARTS) is 2. The molecule has 8 heteroatoms. The lowest BCUT2D eigenvalue weighted by molar-refractivity contribution is -0.140. The van der Waals surface area contributed by atoms with E-state index in [4.69, 9.17) is 14.8 Å². The Balaban J connectivity index is 0.000000567. The smallest absolute Gasteiger partial charge is 0.330 e. The molecule has 0 fully saturated rings. The zero-order chi connectivity index (χ0) is 17.0. The molecule has 21 heavy (non-hydrogen) atoms. The largest absolute Gasteiger partial charge is 0.481 e. The van der Waals surface area contributed by atoms with Crippen LogP contribution < -0.4 is 0 Å². The Morgan fingerprint density at radius 3 is 2.00 bits per heavy atom. The molecule has 0 bridgehead atoms. The first-order valence-electron chi connectivity index (χ1n) is 5.80. The van der Waals surface area contributed by atoms with Crippen LogP contribution >= 0.6 is 0 Å². The molecule has 0 amide bonds. The molecule has 3 N–H and O–H groups in total. The molecule has 1 aliphatic carbocycles. The highest BCUT2D eigenvalue weighted by molar-refractivity contribution is 7.87. The van der Waals surface area contributed by atoms with Gasteiger partial charge in [-0.15, -0.1) is 0 Å². The summed E-state index contributed by atoms with van der Waals surface area (Å²) in [4.78, 5) is 20.5. The van der Waals surface area contributed by atoms with Crippen LogP contribution in [-0.4, -0.2) is 39.9 Å². The van der Waals surface area contributed by atoms with Gasteiger partial charge in [0.25, 0.3) is 10.1 Å². The molecule has 2 atom stereocenters. The van der Waals surface area contributed by atoms with E-state index in [2.05, 4.69) is 6.58 Å². The number of hydrogen-bond acceptors (Lipinski definition) is 4. The second-order valence-corrected chi connectivity index (χ2v) is 6.52. The fourth-order valence-electron chi connectivity index (χ4n) is 1.59. The van der Waals surface area contributed by atoms with E-state index in [1.165, 1.54) is 39.0 Å². The minimum absolute atomic E-state index is 0.176. The highest BCUT2D eigenvalue weighted by Crippen LogP contribution is 2.37. The number of aliphatic carboxylic acids is 2. The molecule has 0 spiro atoms. The van der Waals surface area contributed by atoms with Crippen LogP contribution in [0.15, 0.2) is 36.0 Å². The van der Waals surface area contributed by atoms with Gasteiger partial charge in [0.2, 0.25) is 0 Å². The molecule has 0 heterocycles. The lowest BCUT2D eigenvalue weighted by Crippen LogP contribution is -2.47. The number of carboxylic acids is 2. The van der Waals surface area contributed by atoms with Gasteiger partial charge in [0.1, 0.15) is 10.7 Å². The highest BCUT2D eigenvalue weighted by atomic mass is 32.2. The molecule has 0 aliphatic heterocycles. The van der Waals surface area contributed by atoms with Gasteiger partial charge in [-0.3, -0.25) is 9.35 Å². The Hall–Kier alpha value is -1.93. The van der Waals surface area contributed by atoms with Gasteiger partial charge in [0.05, 0.1) is 0 Å². The van der Waals surface area contributed by atoms with Gasteiger partial charge < -0.3 is 10.2 Å². The average Bonchev–Trinajstić information content (AvgIpc) is 2.31. The Morgan fingerprint density at radius 2 is 1.76 bits per heavy atom. The zero-order valence-electron chi connectivity index (χ0n) is 11.9. The topological polar surface area (TPSA) is 129 Å². The fourth-order valence-corrected chi connectivity index (χ4v) is 2.56. The fraction of sp³-hybridized carbons (Fsp3) is 0.385. The van der Waals surface area contributed by atoms with Crippen molar-refractivity contribution in [3.8, 4) is 0 Å². The van der Waals surface area contributed by atoms with Crippen LogP contribution in [0.25, 0.3) is 0 Å². The van der Waals surface area contributed by atoms with E-state index in [9.17, 15) is 18.0 Å². The summed E-state index contributed by atoms with van der Waals surface area (Å²) in [6.07, 6.45) is 4.21. The number of allylic oxidation sites excluding steroid dienone is 2. The third-order valence-electron chi connectivity index (χ3n) is 3.19. The lowest BCUT2D eigenvalue weighted by atomic mass is 9.83. The van der Waals surface area contributed by atoms with E-state index in [-0.39, 0.29) is 5.57 Å². The molecule has 2 unspecified atom stereocenters. The van der Waals surface area contributed by atoms with E-state index >= 15 is 0 Å². The molecule has 118 valence electrons. The SMILES string of the molecule is C=C(C)C(=O)O.CC1=CC=CC(C(=O)O)C1(C)S(=O)(=O)O. The highest BCUT2D eigenvalue weighted by Gasteiger charge is 2.50. The first-order valence-corrected chi connectivity index (χ1v) is 7.24. The number of hydrogen-bond donors (Lipinski definition) is 3. The lowest BCUT2D eigenvalue weighted by Gasteiger charge is -2.33. The number of carbonyl (C=O) groups is 2. The van der Waals surface area contributed by atoms with E-state index in [1.54, 1.807) is 0 Å². The summed E-state index contributed by atoms with van der Waals surface area (Å²) in [7, 11) is -4.47. The Kier molecular flexibility index (Phi) is 6.07. The predicted molar refractivity (Wildman–Crippen MR) is 76.4 cm³/mol. The van der Waals surface area contributed by atoms with Crippen molar-refractivity contribution in [1.29, 1.82) is 0 Å². The maximum Gasteiger partial charge on any atom is 0.330 e. The maximum absolute atomic E-state index is 11.3. The minimum atomic E-state index is -4.47. The van der Waals surface area contributed by atoms with Gasteiger partial charge >= 0.3 is 11.9 Å². The first kappa shape index (κ1) is 19.1. The molecule has 0 aromatic carbocycles. The van der Waals surface area contributed by atoms with Crippen LogP contribution in [0.3, 0.4) is 0 Å². The Bertz CT molecular complexity index is 600. The summed E-state index contributed by atoms with van der Waals surface area (Å²) >= 11 is 0. The van der Waals surface area contributed by atoms with Crippen molar-refractivity contribution in [2.75, 3.05) is 0 Å². The molecule has 0 aromatic rings. The first-order chi connectivity index (χ1) is 9.35. The van der Waals surface area contributed by atoms with Crippen molar-refractivity contribution in [2.45, 2.75) is 25.5 Å². The third kappa shape index (κ3) is 4.27. The molecule has 1 aliphatic rings. The molecule has 7 nitrogen and oxygen atoms in total. The molecule has 0 aromatic heterocycles. The second kappa shape index (κ2) is 6.68. The van der Waals surface area contributed by atoms with Crippen molar-refractivity contribution in [1.82, 2.24) is 0 Å². The van der Waals surface area contributed by atoms with Crippen molar-refractivity contribution < 1.29 is 32.8 Å². The second-order valence-electron chi connectivity index (χ2n) is 4.72. The normalized spacial score (nSPS) is 24.4. The maximum atomic E-state index is 11.3. The minimum Gasteiger partial charge on any atom is -0.481 e. The van der Waals surface area contributed by atoms with E-state index < -0.39 is 32.7 Å². The summed E-state index contributed by atoms with van der Waals surface area (Å²) in [5.41, 5.74) is 0.481. The summed E-state index contributed by atoms with van der Waals surface area (Å²) in [5.74, 6) is -3.48. The van der Waals surface area contributed by atoms with Gasteiger partial charge in [0.15, 0.2) is 0 Å². The van der Waals surface area contributed by atoms with Crippen LogP contribution in [-0.2, 0) is 19.7 Å². The predicted octanol–water partition coefficient (Wildman–Crippen LogP) is 1.50. The quantitative estimate of drug-likeness (QED) is 0.531. The molecular formula is C13H18O7S. The summed E-state index contributed by atoms with van der Waals surface area (Å²) in [5, 5.41) is 16.8. The van der Waals surface area contributed by atoms with Crippen LogP contribution in [0, 0.1) is 5.92 Å². The third-order valence-corrected chi connectivity index (χ3v) is 4.84. The van der Waals surface area contributed by atoms with E-state index in [1.807, 2.05) is 0 Å². The van der Waals surface area contributed by atoms with Gasteiger partial charge in [-0.05, 0) is 26.3 Å². The summed E-state index contributed by atoms with van der Waals surface area (Å²) < 4.78 is 29.8. The van der Waals surface area contributed by atoms with Gasteiger partial charge in [-0.1, -0.05) is 24.8 Å². The van der Waals surface area contributed by atoms with Gasteiger partial charge in [-0.25, -0.2) is 4.79 Å². The zero-order valence-corrected chi connectivity index (χ0v) is 12.7. The molecule has 1 rings (SSSR count). The summed E-state index contributed by atoms with van der Waals surface area (Å²) in [6.45, 7) is 7.29. The summed E-state index contributed by atoms with van der Waals surface area (Å²) in [6, 6.07) is 0. The van der Waals surface area contributed by atoms with Gasteiger partial charge in [-0.2, -0.15) is 8.42 Å². The van der Waals surface area contributed by atoms with Crippen molar-refractivity contribution in [2.24, 2.45) is 5.92 Å². The molecule has 0 radical (unpaired) electrons. The van der Waals surface area contributed by atoms with Crippen LogP contribution in [0.1, 0.15) is 20.8 Å². The van der Waals surface area contributed by atoms with E-state index in [0.717, 1.165) is 0 Å². The Morgan fingerprint density at radius 1 is 1.33 bits per heavy atom. The van der Waals surface area contributed by atoms with Crippen molar-refractivity contribution >= 4 is 22.1 Å². The van der Waals surface area contributed by atoms with Gasteiger partial charge in [0, 0.05) is 5.57 Å². The van der Waals surface area contributed by atoms with Crippen LogP contribution in [0.5, 0.6) is 0 Å². The molecule has 0 saturated heterocycles. The van der Waals surface area contributed by atoms with Crippen molar-refractivity contribution in [3.63, 3.8) is 0 Å². The molecular weight excluding hydrogens is 300 g/mol. The van der Waals surface area contributed by atoms with Crippen molar-refractivity contribution in [3.05, 3.63) is 36.0 Å². The standard InChI is InChI=1S/C9H12O5S.C4H6O2/c1-6-4-3-5-7(8(10)11)9(6,2)15(12,13)14;1-3(2)4(5)6/h3-5,7H,1-2H3,(H,10,11)(H,12,13,14);1H2,2H3,(H,5,6). The monoisotopic (exact) mass is 318 g/mol. The van der Waals surface area contributed by atoms with Crippen LogP contribution in [0.4, 0.5) is 0 Å². The Labute approximate surface area is 123 Å². The van der Waals surface area contributed by atoms with E-state index in [0.29, 0.717) is 5.57 Å². The molecule has 0 saturated carbocycles. The number of rotatable bonds is 3. The average molecular weight is 318 g/mol. The van der Waals surface area contributed by atoms with Crippen LogP contribution in [0.2, 0.25) is 0 Å².